The standard InChI is InChI=1S/C14H16ClN3OS/c1-9-3-5-11(6-4-9)7-8-12-17-18-14(20-12)16-13(19)10(2)15/h3-6,10H,7-8H2,1-2H3,(H,16,18,19). The van der Waals surface area contributed by atoms with Crippen molar-refractivity contribution in [3.8, 4) is 0 Å². The van der Waals surface area contributed by atoms with Gasteiger partial charge in [-0.25, -0.2) is 0 Å². The summed E-state index contributed by atoms with van der Waals surface area (Å²) in [5.74, 6) is -0.257. The Morgan fingerprint density at radius 2 is 2.00 bits per heavy atom. The summed E-state index contributed by atoms with van der Waals surface area (Å²) in [5.41, 5.74) is 2.52. The second-order valence-corrected chi connectivity index (χ2v) is 6.31. The van der Waals surface area contributed by atoms with Crippen LogP contribution >= 0.6 is 22.9 Å². The first-order valence-corrected chi connectivity index (χ1v) is 7.63. The minimum absolute atomic E-state index is 0.257. The van der Waals surface area contributed by atoms with E-state index in [0.29, 0.717) is 5.13 Å². The van der Waals surface area contributed by atoms with Gasteiger partial charge in [0.05, 0.1) is 0 Å². The lowest BCUT2D eigenvalue weighted by molar-refractivity contribution is -0.115. The van der Waals surface area contributed by atoms with Crippen LogP contribution in [0.15, 0.2) is 24.3 Å². The number of hydrogen-bond acceptors (Lipinski definition) is 4. The van der Waals surface area contributed by atoms with Gasteiger partial charge in [-0.15, -0.1) is 21.8 Å². The number of amides is 1. The van der Waals surface area contributed by atoms with Gasteiger partial charge in [-0.3, -0.25) is 10.1 Å². The second-order valence-electron chi connectivity index (χ2n) is 4.59. The van der Waals surface area contributed by atoms with Crippen LogP contribution < -0.4 is 5.32 Å². The van der Waals surface area contributed by atoms with Gasteiger partial charge in [0, 0.05) is 6.42 Å². The first kappa shape index (κ1) is 14.9. The second kappa shape index (κ2) is 6.81. The molecule has 1 unspecified atom stereocenters. The van der Waals surface area contributed by atoms with Crippen LogP contribution in [0.2, 0.25) is 0 Å². The van der Waals surface area contributed by atoms with Crippen LogP contribution in [-0.4, -0.2) is 21.5 Å². The van der Waals surface area contributed by atoms with Crippen molar-refractivity contribution < 1.29 is 4.79 Å². The molecular weight excluding hydrogens is 294 g/mol. The van der Waals surface area contributed by atoms with E-state index in [1.54, 1.807) is 6.92 Å². The van der Waals surface area contributed by atoms with Crippen LogP contribution in [0.4, 0.5) is 5.13 Å². The number of nitrogens with one attached hydrogen (secondary N) is 1. The van der Waals surface area contributed by atoms with Crippen molar-refractivity contribution in [2.24, 2.45) is 0 Å². The van der Waals surface area contributed by atoms with Crippen molar-refractivity contribution >= 4 is 34.0 Å². The molecule has 106 valence electrons. The first-order valence-electron chi connectivity index (χ1n) is 6.37. The number of hydrogen-bond donors (Lipinski definition) is 1. The lowest BCUT2D eigenvalue weighted by atomic mass is 10.1. The van der Waals surface area contributed by atoms with E-state index >= 15 is 0 Å². The van der Waals surface area contributed by atoms with Crippen LogP contribution in [0.1, 0.15) is 23.1 Å². The lowest BCUT2D eigenvalue weighted by Gasteiger charge is -2.01. The van der Waals surface area contributed by atoms with Crippen LogP contribution in [0, 0.1) is 6.92 Å². The Labute approximate surface area is 127 Å². The number of carbonyl (C=O) groups excluding carboxylic acids is 1. The van der Waals surface area contributed by atoms with Gasteiger partial charge >= 0.3 is 0 Å². The van der Waals surface area contributed by atoms with Crippen molar-refractivity contribution in [1.29, 1.82) is 0 Å². The number of halogens is 1. The topological polar surface area (TPSA) is 54.9 Å². The predicted molar refractivity (Wildman–Crippen MR) is 82.4 cm³/mol. The molecule has 0 aliphatic rings. The van der Waals surface area contributed by atoms with Crippen LogP contribution in [-0.2, 0) is 17.6 Å². The molecule has 0 saturated heterocycles. The van der Waals surface area contributed by atoms with Crippen LogP contribution in [0.3, 0.4) is 0 Å². The molecule has 1 atom stereocenters. The molecule has 2 aromatic rings. The fourth-order valence-corrected chi connectivity index (χ4v) is 2.41. The highest BCUT2D eigenvalue weighted by molar-refractivity contribution is 7.15. The molecule has 6 heteroatoms. The molecule has 1 aromatic carbocycles. The summed E-state index contributed by atoms with van der Waals surface area (Å²) >= 11 is 7.07. The molecule has 1 N–H and O–H groups in total. The third kappa shape index (κ3) is 4.28. The van der Waals surface area contributed by atoms with E-state index in [1.807, 2.05) is 0 Å². The molecule has 2 rings (SSSR count). The van der Waals surface area contributed by atoms with E-state index < -0.39 is 5.38 Å². The summed E-state index contributed by atoms with van der Waals surface area (Å²) in [6, 6.07) is 8.44. The molecule has 0 aliphatic heterocycles. The maximum atomic E-state index is 11.4. The van der Waals surface area contributed by atoms with Gasteiger partial charge < -0.3 is 0 Å². The normalized spacial score (nSPS) is 12.2. The number of aryl methyl sites for hydroxylation is 3. The lowest BCUT2D eigenvalue weighted by Crippen LogP contribution is -2.20. The van der Waals surface area contributed by atoms with E-state index in [1.165, 1.54) is 22.5 Å². The molecule has 20 heavy (non-hydrogen) atoms. The van der Waals surface area contributed by atoms with Gasteiger partial charge in [-0.1, -0.05) is 41.2 Å². The predicted octanol–water partition coefficient (Wildman–Crippen LogP) is 3.20. The maximum absolute atomic E-state index is 11.4. The highest BCUT2D eigenvalue weighted by Crippen LogP contribution is 2.18. The Kier molecular flexibility index (Phi) is 5.09. The van der Waals surface area contributed by atoms with Crippen LogP contribution in [0.25, 0.3) is 0 Å². The van der Waals surface area contributed by atoms with Gasteiger partial charge in [0.25, 0.3) is 0 Å². The van der Waals surface area contributed by atoms with Crippen molar-refractivity contribution in [2.75, 3.05) is 5.32 Å². The Morgan fingerprint density at radius 3 is 2.65 bits per heavy atom. The summed E-state index contributed by atoms with van der Waals surface area (Å²) in [6.07, 6.45) is 1.72. The molecule has 1 heterocycles. The number of carbonyl (C=O) groups is 1. The zero-order valence-corrected chi connectivity index (χ0v) is 13.0. The van der Waals surface area contributed by atoms with Crippen molar-refractivity contribution in [1.82, 2.24) is 10.2 Å². The van der Waals surface area contributed by atoms with Gasteiger partial charge in [-0.05, 0) is 25.8 Å². The zero-order valence-electron chi connectivity index (χ0n) is 11.4. The smallest absolute Gasteiger partial charge is 0.243 e. The average molecular weight is 310 g/mol. The Hall–Kier alpha value is -1.46. The number of benzene rings is 1. The van der Waals surface area contributed by atoms with E-state index in [2.05, 4.69) is 46.7 Å². The van der Waals surface area contributed by atoms with Crippen molar-refractivity contribution in [3.63, 3.8) is 0 Å². The average Bonchev–Trinajstić information content (AvgIpc) is 2.85. The maximum Gasteiger partial charge on any atom is 0.243 e. The van der Waals surface area contributed by atoms with Gasteiger partial charge in [0.15, 0.2) is 0 Å². The van der Waals surface area contributed by atoms with E-state index in [-0.39, 0.29) is 5.91 Å². The summed E-state index contributed by atoms with van der Waals surface area (Å²) in [5, 5.41) is 11.5. The third-order valence-electron chi connectivity index (χ3n) is 2.81. The molecule has 4 nitrogen and oxygen atoms in total. The highest BCUT2D eigenvalue weighted by Gasteiger charge is 2.12. The fraction of sp³-hybridized carbons (Fsp3) is 0.357. The van der Waals surface area contributed by atoms with Crippen molar-refractivity contribution in [3.05, 3.63) is 40.4 Å². The quantitative estimate of drug-likeness (QED) is 0.863. The first-order chi connectivity index (χ1) is 9.54. The van der Waals surface area contributed by atoms with E-state index in [9.17, 15) is 4.79 Å². The molecule has 0 aliphatic carbocycles. The van der Waals surface area contributed by atoms with Gasteiger partial charge in [0.2, 0.25) is 11.0 Å². The zero-order chi connectivity index (χ0) is 14.5. The molecule has 0 bridgehead atoms. The molecule has 0 radical (unpaired) electrons. The monoisotopic (exact) mass is 309 g/mol. The highest BCUT2D eigenvalue weighted by atomic mass is 35.5. The summed E-state index contributed by atoms with van der Waals surface area (Å²) in [6.45, 7) is 3.69. The Morgan fingerprint density at radius 1 is 1.30 bits per heavy atom. The van der Waals surface area contributed by atoms with E-state index in [4.69, 9.17) is 11.6 Å². The summed E-state index contributed by atoms with van der Waals surface area (Å²) < 4.78 is 0. The Bertz CT molecular complexity index is 580. The van der Waals surface area contributed by atoms with Crippen LogP contribution in [0.5, 0.6) is 0 Å². The molecule has 1 amide bonds. The summed E-state index contributed by atoms with van der Waals surface area (Å²) in [4.78, 5) is 11.4. The largest absolute Gasteiger partial charge is 0.299 e. The summed E-state index contributed by atoms with van der Waals surface area (Å²) in [7, 11) is 0. The number of aromatic nitrogens is 2. The number of rotatable bonds is 5. The molecule has 0 spiro atoms. The third-order valence-corrected chi connectivity index (χ3v) is 3.90. The molecule has 1 aromatic heterocycles. The minimum atomic E-state index is -0.574. The van der Waals surface area contributed by atoms with Crippen molar-refractivity contribution in [2.45, 2.75) is 32.1 Å². The number of alkyl halides is 1. The molecule has 0 fully saturated rings. The minimum Gasteiger partial charge on any atom is -0.299 e. The number of anilines is 1. The van der Waals surface area contributed by atoms with E-state index in [0.717, 1.165) is 17.8 Å². The SMILES string of the molecule is Cc1ccc(CCc2nnc(NC(=O)C(C)Cl)s2)cc1. The Balaban J connectivity index is 1.89. The fourth-order valence-electron chi connectivity index (χ4n) is 1.62. The molecule has 0 saturated carbocycles. The number of nitrogens with zero attached hydrogens (tertiary/aromatic N) is 2. The molecular formula is C14H16ClN3OS. The van der Waals surface area contributed by atoms with Gasteiger partial charge in [-0.2, -0.15) is 0 Å². The van der Waals surface area contributed by atoms with Gasteiger partial charge in [0.1, 0.15) is 10.4 Å².